The van der Waals surface area contributed by atoms with E-state index in [2.05, 4.69) is 20.9 Å². The van der Waals surface area contributed by atoms with E-state index in [9.17, 15) is 14.7 Å². The van der Waals surface area contributed by atoms with Crippen LogP contribution in [-0.2, 0) is 4.79 Å². The number of phenols is 1. The topological polar surface area (TPSA) is 109 Å². The fourth-order valence-electron chi connectivity index (χ4n) is 2.53. The van der Waals surface area contributed by atoms with E-state index >= 15 is 0 Å². The number of nitrogens with zero attached hydrogens (tertiary/aromatic N) is 3. The summed E-state index contributed by atoms with van der Waals surface area (Å²) in [6.45, 7) is 1.47. The Labute approximate surface area is 171 Å². The molecule has 0 aliphatic heterocycles. The van der Waals surface area contributed by atoms with E-state index in [1.807, 2.05) is 30.3 Å². The molecule has 0 bridgehead atoms. The lowest BCUT2D eigenvalue weighted by molar-refractivity contribution is -0.120. The van der Waals surface area contributed by atoms with Gasteiger partial charge >= 0.3 is 0 Å². The van der Waals surface area contributed by atoms with Crippen molar-refractivity contribution >= 4 is 29.6 Å². The molecule has 1 heterocycles. The maximum Gasteiger partial charge on any atom is 0.259 e. The monoisotopic (exact) mass is 411 g/mol. The molecule has 1 aromatic heterocycles. The predicted octanol–water partition coefficient (Wildman–Crippen LogP) is 2.42. The third-order valence-electron chi connectivity index (χ3n) is 3.99. The second kappa shape index (κ2) is 9.03. The first-order valence-corrected chi connectivity index (χ1v) is 9.04. The molecule has 3 rings (SSSR count). The van der Waals surface area contributed by atoms with Crippen LogP contribution in [0.4, 0.5) is 0 Å². The summed E-state index contributed by atoms with van der Waals surface area (Å²) in [6, 6.07) is 15.4. The standard InChI is InChI=1S/C20H18ClN5O3/c1-13-16(19(21)26(25-13)14-7-3-2-4-8-14)11-23-24-18(28)12-22-20(29)15-9-5-6-10-17(15)27/h2-11,27H,12H2,1H3,(H,22,29)(H,24,28)/b23-11-. The zero-order chi connectivity index (χ0) is 20.8. The Balaban J connectivity index is 1.59. The highest BCUT2D eigenvalue weighted by molar-refractivity contribution is 6.32. The van der Waals surface area contributed by atoms with Gasteiger partial charge in [-0.15, -0.1) is 0 Å². The molecule has 2 amide bonds. The number of aryl methyl sites for hydroxylation is 1. The molecule has 3 aromatic rings. The van der Waals surface area contributed by atoms with Crippen molar-refractivity contribution in [2.75, 3.05) is 6.54 Å². The fraction of sp³-hybridized carbons (Fsp3) is 0.100. The summed E-state index contributed by atoms with van der Waals surface area (Å²) in [5.74, 6) is -1.26. The van der Waals surface area contributed by atoms with Crippen molar-refractivity contribution in [2.45, 2.75) is 6.92 Å². The van der Waals surface area contributed by atoms with Gasteiger partial charge in [0.05, 0.1) is 35.3 Å². The van der Waals surface area contributed by atoms with Crippen molar-refractivity contribution in [3.63, 3.8) is 0 Å². The normalized spacial score (nSPS) is 10.8. The minimum atomic E-state index is -0.565. The van der Waals surface area contributed by atoms with Crippen molar-refractivity contribution in [2.24, 2.45) is 5.10 Å². The third-order valence-corrected chi connectivity index (χ3v) is 4.35. The second-order valence-corrected chi connectivity index (χ2v) is 6.39. The molecule has 9 heteroatoms. The van der Waals surface area contributed by atoms with Gasteiger partial charge in [0.2, 0.25) is 0 Å². The van der Waals surface area contributed by atoms with Crippen LogP contribution in [0.25, 0.3) is 5.69 Å². The molecule has 8 nitrogen and oxygen atoms in total. The zero-order valence-corrected chi connectivity index (χ0v) is 16.2. The highest BCUT2D eigenvalue weighted by Crippen LogP contribution is 2.21. The molecule has 0 atom stereocenters. The quantitative estimate of drug-likeness (QED) is 0.427. The Morgan fingerprint density at radius 1 is 1.17 bits per heavy atom. The summed E-state index contributed by atoms with van der Waals surface area (Å²) in [5.41, 5.74) is 4.41. The average molecular weight is 412 g/mol. The zero-order valence-electron chi connectivity index (χ0n) is 15.5. The van der Waals surface area contributed by atoms with E-state index in [1.165, 1.54) is 18.3 Å². The van der Waals surface area contributed by atoms with Crippen LogP contribution in [-0.4, -0.2) is 39.5 Å². The summed E-state index contributed by atoms with van der Waals surface area (Å²) in [7, 11) is 0. The van der Waals surface area contributed by atoms with Gasteiger partial charge in [-0.1, -0.05) is 41.9 Å². The minimum Gasteiger partial charge on any atom is -0.507 e. The van der Waals surface area contributed by atoms with E-state index in [4.69, 9.17) is 11.6 Å². The van der Waals surface area contributed by atoms with Gasteiger partial charge in [0.25, 0.3) is 11.8 Å². The molecule has 3 N–H and O–H groups in total. The van der Waals surface area contributed by atoms with Crippen molar-refractivity contribution in [3.05, 3.63) is 76.6 Å². The van der Waals surface area contributed by atoms with Crippen LogP contribution in [0.3, 0.4) is 0 Å². The number of para-hydroxylation sites is 2. The summed E-state index contributed by atoms with van der Waals surface area (Å²) in [4.78, 5) is 23.9. The average Bonchev–Trinajstić information content (AvgIpc) is 3.01. The molecule has 0 aliphatic carbocycles. The van der Waals surface area contributed by atoms with E-state index in [0.717, 1.165) is 5.69 Å². The van der Waals surface area contributed by atoms with E-state index in [1.54, 1.807) is 23.7 Å². The summed E-state index contributed by atoms with van der Waals surface area (Å²) >= 11 is 6.38. The number of phenolic OH excluding ortho intramolecular Hbond substituents is 1. The first-order valence-electron chi connectivity index (χ1n) is 8.66. The van der Waals surface area contributed by atoms with Gasteiger partial charge in [-0.2, -0.15) is 10.2 Å². The van der Waals surface area contributed by atoms with Gasteiger partial charge in [0.1, 0.15) is 10.9 Å². The third kappa shape index (κ3) is 4.80. The molecule has 29 heavy (non-hydrogen) atoms. The van der Waals surface area contributed by atoms with Crippen LogP contribution in [0.15, 0.2) is 59.7 Å². The SMILES string of the molecule is Cc1nn(-c2ccccc2)c(Cl)c1/C=N\NC(=O)CNC(=O)c1ccccc1O. The molecule has 0 fully saturated rings. The van der Waals surface area contributed by atoms with Crippen molar-refractivity contribution < 1.29 is 14.7 Å². The Hall–Kier alpha value is -3.65. The number of hydrogen-bond donors (Lipinski definition) is 3. The van der Waals surface area contributed by atoms with Gasteiger partial charge in [-0.3, -0.25) is 9.59 Å². The van der Waals surface area contributed by atoms with Crippen LogP contribution in [0, 0.1) is 6.92 Å². The predicted molar refractivity (Wildman–Crippen MR) is 109 cm³/mol. The summed E-state index contributed by atoms with van der Waals surface area (Å²) < 4.78 is 1.58. The largest absolute Gasteiger partial charge is 0.507 e. The molecule has 2 aromatic carbocycles. The van der Waals surface area contributed by atoms with Crippen LogP contribution in [0.5, 0.6) is 5.75 Å². The number of carbonyl (C=O) groups excluding carboxylic acids is 2. The first-order chi connectivity index (χ1) is 14.0. The van der Waals surface area contributed by atoms with Gasteiger partial charge in [0, 0.05) is 0 Å². The summed E-state index contributed by atoms with van der Waals surface area (Å²) in [5, 5.41) is 20.7. The first kappa shape index (κ1) is 20.1. The van der Waals surface area contributed by atoms with Crippen LogP contribution in [0.1, 0.15) is 21.6 Å². The fourth-order valence-corrected chi connectivity index (χ4v) is 2.85. The molecule has 0 spiro atoms. The Morgan fingerprint density at radius 2 is 1.86 bits per heavy atom. The molecular formula is C20H18ClN5O3. The van der Waals surface area contributed by atoms with Crippen molar-refractivity contribution in [1.29, 1.82) is 0 Å². The van der Waals surface area contributed by atoms with Crippen LogP contribution < -0.4 is 10.7 Å². The number of aromatic nitrogens is 2. The number of aromatic hydroxyl groups is 1. The number of nitrogens with one attached hydrogen (secondary N) is 2. The van der Waals surface area contributed by atoms with Gasteiger partial charge < -0.3 is 10.4 Å². The summed E-state index contributed by atoms with van der Waals surface area (Å²) in [6.07, 6.45) is 1.40. The number of carbonyl (C=O) groups is 2. The Kier molecular flexibility index (Phi) is 6.25. The molecule has 148 valence electrons. The van der Waals surface area contributed by atoms with Crippen molar-refractivity contribution in [1.82, 2.24) is 20.5 Å². The number of halogens is 1. The Morgan fingerprint density at radius 3 is 2.59 bits per heavy atom. The van der Waals surface area contributed by atoms with E-state index in [0.29, 0.717) is 16.4 Å². The molecular weight excluding hydrogens is 394 g/mol. The van der Waals surface area contributed by atoms with Gasteiger partial charge in [-0.25, -0.2) is 10.1 Å². The van der Waals surface area contributed by atoms with Gasteiger partial charge in [-0.05, 0) is 31.2 Å². The second-order valence-electron chi connectivity index (χ2n) is 6.03. The lowest BCUT2D eigenvalue weighted by Gasteiger charge is -2.05. The van der Waals surface area contributed by atoms with Gasteiger partial charge in [0.15, 0.2) is 0 Å². The maximum absolute atomic E-state index is 12.0. The number of amides is 2. The lowest BCUT2D eigenvalue weighted by Crippen LogP contribution is -2.34. The van der Waals surface area contributed by atoms with E-state index in [-0.39, 0.29) is 17.9 Å². The molecule has 0 aliphatic rings. The maximum atomic E-state index is 12.0. The minimum absolute atomic E-state index is 0.0829. The van der Waals surface area contributed by atoms with Crippen LogP contribution in [0.2, 0.25) is 5.15 Å². The lowest BCUT2D eigenvalue weighted by atomic mass is 10.2. The number of benzene rings is 2. The van der Waals surface area contributed by atoms with Crippen LogP contribution >= 0.6 is 11.6 Å². The molecule has 0 saturated heterocycles. The number of rotatable bonds is 6. The molecule has 0 radical (unpaired) electrons. The highest BCUT2D eigenvalue weighted by Gasteiger charge is 2.14. The van der Waals surface area contributed by atoms with Crippen molar-refractivity contribution in [3.8, 4) is 11.4 Å². The molecule has 0 saturated carbocycles. The van der Waals surface area contributed by atoms with E-state index < -0.39 is 11.8 Å². The molecule has 0 unspecified atom stereocenters. The highest BCUT2D eigenvalue weighted by atomic mass is 35.5. The number of hydrazone groups is 1. The number of hydrogen-bond acceptors (Lipinski definition) is 5. The Bertz CT molecular complexity index is 1060. The smallest absolute Gasteiger partial charge is 0.259 e.